The summed E-state index contributed by atoms with van der Waals surface area (Å²) in [6.07, 6.45) is 5.26. The van der Waals surface area contributed by atoms with Crippen molar-refractivity contribution in [2.75, 3.05) is 11.4 Å². The van der Waals surface area contributed by atoms with Crippen LogP contribution in [0.5, 0.6) is 0 Å². The molecule has 1 aliphatic heterocycles. The molecule has 1 aliphatic rings. The maximum atomic E-state index is 5.28. The van der Waals surface area contributed by atoms with E-state index in [4.69, 9.17) is 4.52 Å². The Morgan fingerprint density at radius 1 is 1.21 bits per heavy atom. The van der Waals surface area contributed by atoms with Crippen molar-refractivity contribution < 1.29 is 4.52 Å². The molecule has 0 radical (unpaired) electrons. The van der Waals surface area contributed by atoms with Crippen molar-refractivity contribution in [2.45, 2.75) is 32.2 Å². The van der Waals surface area contributed by atoms with Crippen LogP contribution in [-0.2, 0) is 6.42 Å². The number of nitrogens with zero attached hydrogens (tertiary/aromatic N) is 4. The SMILES string of the molecule is Cc1noc(-c2ccnc(N3CCCC3Cc3ccccc3)c2)n1. The molecule has 1 aromatic carbocycles. The second-order valence-corrected chi connectivity index (χ2v) is 6.23. The van der Waals surface area contributed by atoms with Gasteiger partial charge < -0.3 is 9.42 Å². The zero-order valence-corrected chi connectivity index (χ0v) is 13.7. The number of rotatable bonds is 4. The van der Waals surface area contributed by atoms with Gasteiger partial charge in [-0.3, -0.25) is 0 Å². The highest BCUT2D eigenvalue weighted by Gasteiger charge is 2.26. The Labute approximate surface area is 141 Å². The third-order valence-corrected chi connectivity index (χ3v) is 4.51. The minimum absolute atomic E-state index is 0.486. The van der Waals surface area contributed by atoms with Gasteiger partial charge in [-0.25, -0.2) is 4.98 Å². The van der Waals surface area contributed by atoms with E-state index in [-0.39, 0.29) is 0 Å². The highest BCUT2D eigenvalue weighted by molar-refractivity contribution is 5.59. The summed E-state index contributed by atoms with van der Waals surface area (Å²) in [5.74, 6) is 2.18. The number of pyridine rings is 1. The molecule has 0 aliphatic carbocycles. The van der Waals surface area contributed by atoms with Crippen LogP contribution in [0.15, 0.2) is 53.2 Å². The summed E-state index contributed by atoms with van der Waals surface area (Å²) in [6, 6.07) is 15.1. The van der Waals surface area contributed by atoms with E-state index >= 15 is 0 Å². The summed E-state index contributed by atoms with van der Waals surface area (Å²) in [5.41, 5.74) is 2.30. The van der Waals surface area contributed by atoms with Crippen molar-refractivity contribution in [1.29, 1.82) is 0 Å². The van der Waals surface area contributed by atoms with Gasteiger partial charge in [-0.15, -0.1) is 0 Å². The van der Waals surface area contributed by atoms with E-state index in [2.05, 4.69) is 56.4 Å². The third kappa shape index (κ3) is 3.02. The summed E-state index contributed by atoms with van der Waals surface area (Å²) in [6.45, 7) is 2.86. The van der Waals surface area contributed by atoms with Gasteiger partial charge in [0.1, 0.15) is 5.82 Å². The minimum Gasteiger partial charge on any atom is -0.353 e. The van der Waals surface area contributed by atoms with Crippen LogP contribution in [0, 0.1) is 6.92 Å². The van der Waals surface area contributed by atoms with Gasteiger partial charge in [-0.1, -0.05) is 35.5 Å². The van der Waals surface area contributed by atoms with Crippen LogP contribution in [0.4, 0.5) is 5.82 Å². The summed E-state index contributed by atoms with van der Waals surface area (Å²) >= 11 is 0. The van der Waals surface area contributed by atoms with Crippen LogP contribution < -0.4 is 4.90 Å². The molecule has 3 heterocycles. The fourth-order valence-electron chi connectivity index (χ4n) is 3.36. The molecule has 0 bridgehead atoms. The first-order valence-corrected chi connectivity index (χ1v) is 8.37. The van der Waals surface area contributed by atoms with Crippen molar-refractivity contribution in [3.63, 3.8) is 0 Å². The van der Waals surface area contributed by atoms with Crippen LogP contribution in [0.1, 0.15) is 24.2 Å². The number of aryl methyl sites for hydroxylation is 1. The van der Waals surface area contributed by atoms with Gasteiger partial charge in [0.25, 0.3) is 5.89 Å². The molecule has 2 aromatic heterocycles. The minimum atomic E-state index is 0.486. The predicted octanol–water partition coefficient (Wildman–Crippen LogP) is 3.65. The Morgan fingerprint density at radius 2 is 2.08 bits per heavy atom. The Bertz CT molecular complexity index is 815. The summed E-state index contributed by atoms with van der Waals surface area (Å²) in [5, 5.41) is 3.87. The third-order valence-electron chi connectivity index (χ3n) is 4.51. The second-order valence-electron chi connectivity index (χ2n) is 6.23. The second kappa shape index (κ2) is 6.43. The topological polar surface area (TPSA) is 55.1 Å². The smallest absolute Gasteiger partial charge is 0.258 e. The van der Waals surface area contributed by atoms with E-state index in [1.54, 1.807) is 0 Å². The first kappa shape index (κ1) is 14.9. The lowest BCUT2D eigenvalue weighted by Gasteiger charge is -2.26. The van der Waals surface area contributed by atoms with E-state index in [0.717, 1.165) is 24.3 Å². The van der Waals surface area contributed by atoms with Crippen LogP contribution in [-0.4, -0.2) is 27.7 Å². The van der Waals surface area contributed by atoms with Crippen LogP contribution in [0.2, 0.25) is 0 Å². The number of benzene rings is 1. The molecule has 122 valence electrons. The Balaban J connectivity index is 1.58. The fraction of sp³-hybridized carbons (Fsp3) is 0.316. The van der Waals surface area contributed by atoms with Crippen LogP contribution in [0.25, 0.3) is 11.5 Å². The molecule has 0 amide bonds. The molecular formula is C19H20N4O. The molecule has 1 atom stereocenters. The molecule has 1 unspecified atom stereocenters. The van der Waals surface area contributed by atoms with E-state index in [1.165, 1.54) is 18.4 Å². The quantitative estimate of drug-likeness (QED) is 0.734. The van der Waals surface area contributed by atoms with Crippen molar-refractivity contribution in [2.24, 2.45) is 0 Å². The molecule has 24 heavy (non-hydrogen) atoms. The van der Waals surface area contributed by atoms with Gasteiger partial charge in [0.05, 0.1) is 0 Å². The van der Waals surface area contributed by atoms with Crippen LogP contribution in [0.3, 0.4) is 0 Å². The van der Waals surface area contributed by atoms with Crippen LogP contribution >= 0.6 is 0 Å². The highest BCUT2D eigenvalue weighted by Crippen LogP contribution is 2.29. The number of anilines is 1. The zero-order valence-electron chi connectivity index (χ0n) is 13.7. The summed E-state index contributed by atoms with van der Waals surface area (Å²) in [4.78, 5) is 11.3. The van der Waals surface area contributed by atoms with Gasteiger partial charge in [0.2, 0.25) is 0 Å². The number of aromatic nitrogens is 3. The molecule has 0 saturated carbocycles. The normalized spacial score (nSPS) is 17.4. The lowest BCUT2D eigenvalue weighted by atomic mass is 10.0. The monoisotopic (exact) mass is 320 g/mol. The highest BCUT2D eigenvalue weighted by atomic mass is 16.5. The van der Waals surface area contributed by atoms with E-state index in [9.17, 15) is 0 Å². The number of hydrogen-bond acceptors (Lipinski definition) is 5. The Morgan fingerprint density at radius 3 is 2.88 bits per heavy atom. The Kier molecular flexibility index (Phi) is 3.99. The zero-order chi connectivity index (χ0) is 16.4. The molecule has 1 fully saturated rings. The summed E-state index contributed by atoms with van der Waals surface area (Å²) in [7, 11) is 0. The number of hydrogen-bond donors (Lipinski definition) is 0. The lowest BCUT2D eigenvalue weighted by Crippen LogP contribution is -2.31. The van der Waals surface area contributed by atoms with Crippen molar-refractivity contribution in [1.82, 2.24) is 15.1 Å². The average molecular weight is 320 g/mol. The lowest BCUT2D eigenvalue weighted by molar-refractivity contribution is 0.425. The summed E-state index contributed by atoms with van der Waals surface area (Å²) < 4.78 is 5.28. The first-order chi connectivity index (χ1) is 11.8. The molecule has 0 spiro atoms. The van der Waals surface area contributed by atoms with Crippen molar-refractivity contribution in [3.8, 4) is 11.5 Å². The van der Waals surface area contributed by atoms with Gasteiger partial charge in [-0.05, 0) is 43.9 Å². The van der Waals surface area contributed by atoms with Crippen molar-refractivity contribution in [3.05, 3.63) is 60.0 Å². The molecular weight excluding hydrogens is 300 g/mol. The van der Waals surface area contributed by atoms with Gasteiger partial charge in [-0.2, -0.15) is 4.98 Å². The van der Waals surface area contributed by atoms with Gasteiger partial charge in [0, 0.05) is 24.3 Å². The average Bonchev–Trinajstić information content (AvgIpc) is 3.25. The Hall–Kier alpha value is -2.69. The molecule has 5 nitrogen and oxygen atoms in total. The molecule has 1 saturated heterocycles. The standard InChI is InChI=1S/C19H20N4O/c1-14-21-19(24-22-14)16-9-10-20-18(13-16)23-11-5-8-17(23)12-15-6-3-2-4-7-15/h2-4,6-7,9-10,13,17H,5,8,11-12H2,1H3. The maximum absolute atomic E-state index is 5.28. The van der Waals surface area contributed by atoms with E-state index in [1.807, 2.05) is 19.2 Å². The van der Waals surface area contributed by atoms with Gasteiger partial charge >= 0.3 is 0 Å². The molecule has 3 aromatic rings. The first-order valence-electron chi connectivity index (χ1n) is 8.37. The molecule has 0 N–H and O–H groups in total. The molecule has 4 rings (SSSR count). The van der Waals surface area contributed by atoms with Crippen molar-refractivity contribution >= 4 is 5.82 Å². The largest absolute Gasteiger partial charge is 0.353 e. The van der Waals surface area contributed by atoms with E-state index < -0.39 is 0 Å². The maximum Gasteiger partial charge on any atom is 0.258 e. The van der Waals surface area contributed by atoms with Gasteiger partial charge in [0.15, 0.2) is 5.82 Å². The predicted molar refractivity (Wildman–Crippen MR) is 92.8 cm³/mol. The fourth-order valence-corrected chi connectivity index (χ4v) is 3.36. The van der Waals surface area contributed by atoms with E-state index in [0.29, 0.717) is 17.8 Å². The molecule has 5 heteroatoms.